The maximum absolute atomic E-state index is 11.7. The van der Waals surface area contributed by atoms with E-state index >= 15 is 0 Å². The van der Waals surface area contributed by atoms with Crippen LogP contribution in [0.1, 0.15) is 71.1 Å². The van der Waals surface area contributed by atoms with Gasteiger partial charge < -0.3 is 15.1 Å². The molecule has 27 heavy (non-hydrogen) atoms. The molecule has 0 aliphatic heterocycles. The molecule has 0 saturated heterocycles. The molecule has 0 rings (SSSR count). The second kappa shape index (κ2) is 20.9. The quantitative estimate of drug-likeness (QED) is 0.210. The van der Waals surface area contributed by atoms with Crippen LogP contribution in [0.25, 0.3) is 0 Å². The normalized spacial score (nSPS) is 12.1. The van der Waals surface area contributed by atoms with E-state index in [0.717, 1.165) is 44.9 Å². The van der Waals surface area contributed by atoms with Crippen molar-refractivity contribution in [2.24, 2.45) is 0 Å². The molecule has 0 fully saturated rings. The Morgan fingerprint density at radius 2 is 1.37 bits per heavy atom. The van der Waals surface area contributed by atoms with Crippen molar-refractivity contribution < 1.29 is 19.8 Å². The van der Waals surface area contributed by atoms with Gasteiger partial charge in [-0.3, -0.25) is 4.79 Å². The lowest BCUT2D eigenvalue weighted by Gasteiger charge is -2.18. The highest BCUT2D eigenvalue weighted by molar-refractivity contribution is 5.68. The van der Waals surface area contributed by atoms with E-state index in [1.54, 1.807) is 0 Å². The Morgan fingerprint density at radius 1 is 0.815 bits per heavy atom. The molecular weight excluding hydrogens is 342 g/mol. The molecule has 5 nitrogen and oxygen atoms in total. The van der Waals surface area contributed by atoms with Gasteiger partial charge >= 0.3 is 5.97 Å². The lowest BCUT2D eigenvalue weighted by molar-refractivity contribution is -0.194. The summed E-state index contributed by atoms with van der Waals surface area (Å²) in [7, 11) is 0. The number of hydrogen-bond acceptors (Lipinski definition) is 5. The molecule has 0 heterocycles. The number of nitrogens with zero attached hydrogens (tertiary/aromatic N) is 1. The van der Waals surface area contributed by atoms with Gasteiger partial charge in [0.15, 0.2) is 0 Å². The smallest absolute Gasteiger partial charge is 0.325 e. The standard InChI is InChI=1S/C22H39NO4/c1-2-3-4-5-6-7-8-9-10-11-12-13-14-15-16-17-22(26)27-23(18-20-24)19-21-25/h3-4,6-7,9-10,24-25H,2,5,8,11-21H2,1H3/b4-3-,7-6-,10-9-. The molecule has 156 valence electrons. The van der Waals surface area contributed by atoms with Gasteiger partial charge in [-0.2, -0.15) is 0 Å². The topological polar surface area (TPSA) is 70.0 Å². The van der Waals surface area contributed by atoms with Gasteiger partial charge in [-0.25, -0.2) is 0 Å². The first kappa shape index (κ1) is 25.6. The van der Waals surface area contributed by atoms with E-state index in [1.165, 1.54) is 17.9 Å². The lowest BCUT2D eigenvalue weighted by atomic mass is 10.1. The lowest BCUT2D eigenvalue weighted by Crippen LogP contribution is -2.32. The Balaban J connectivity index is 3.49. The SMILES string of the molecule is CC/C=C\C/C=C\C/C=C\CCCCCCCC(=O)ON(CCO)CCO. The van der Waals surface area contributed by atoms with Crippen LogP contribution in [0.4, 0.5) is 0 Å². The van der Waals surface area contributed by atoms with E-state index in [0.29, 0.717) is 6.42 Å². The first-order valence-corrected chi connectivity index (χ1v) is 10.4. The fourth-order valence-corrected chi connectivity index (χ4v) is 2.50. The minimum Gasteiger partial charge on any atom is -0.395 e. The zero-order valence-electron chi connectivity index (χ0n) is 17.0. The van der Waals surface area contributed by atoms with Crippen LogP contribution in [0.5, 0.6) is 0 Å². The van der Waals surface area contributed by atoms with Gasteiger partial charge in [0.05, 0.1) is 26.3 Å². The van der Waals surface area contributed by atoms with Crippen molar-refractivity contribution in [1.82, 2.24) is 5.06 Å². The van der Waals surface area contributed by atoms with Crippen LogP contribution >= 0.6 is 0 Å². The van der Waals surface area contributed by atoms with Gasteiger partial charge in [0, 0.05) is 6.42 Å². The van der Waals surface area contributed by atoms with Crippen molar-refractivity contribution in [2.75, 3.05) is 26.3 Å². The average molecular weight is 382 g/mol. The molecule has 0 aromatic carbocycles. The maximum atomic E-state index is 11.7. The highest BCUT2D eigenvalue weighted by Crippen LogP contribution is 2.09. The van der Waals surface area contributed by atoms with Gasteiger partial charge in [-0.05, 0) is 38.5 Å². The largest absolute Gasteiger partial charge is 0.395 e. The summed E-state index contributed by atoms with van der Waals surface area (Å²) >= 11 is 0. The van der Waals surface area contributed by atoms with Crippen LogP contribution < -0.4 is 0 Å². The molecule has 2 N–H and O–H groups in total. The first-order valence-electron chi connectivity index (χ1n) is 10.4. The number of hydrogen-bond donors (Lipinski definition) is 2. The van der Waals surface area contributed by atoms with Crippen molar-refractivity contribution >= 4 is 5.97 Å². The molecule has 0 bridgehead atoms. The Kier molecular flexibility index (Phi) is 19.8. The van der Waals surface area contributed by atoms with Crippen molar-refractivity contribution in [3.05, 3.63) is 36.5 Å². The van der Waals surface area contributed by atoms with E-state index in [4.69, 9.17) is 15.1 Å². The zero-order valence-corrected chi connectivity index (χ0v) is 17.0. The summed E-state index contributed by atoms with van der Waals surface area (Å²) in [5, 5.41) is 19.0. The molecule has 0 aromatic rings. The number of hydroxylamine groups is 2. The molecular formula is C22H39NO4. The molecule has 0 saturated carbocycles. The van der Waals surface area contributed by atoms with E-state index in [1.807, 2.05) is 0 Å². The Hall–Kier alpha value is -1.43. The average Bonchev–Trinajstić information content (AvgIpc) is 2.65. The van der Waals surface area contributed by atoms with Crippen molar-refractivity contribution in [3.8, 4) is 0 Å². The maximum Gasteiger partial charge on any atom is 0.325 e. The molecule has 0 aliphatic rings. The van der Waals surface area contributed by atoms with Crippen molar-refractivity contribution in [2.45, 2.75) is 71.1 Å². The predicted molar refractivity (Wildman–Crippen MR) is 111 cm³/mol. The second-order valence-electron chi connectivity index (χ2n) is 6.44. The third-order valence-corrected chi connectivity index (χ3v) is 3.96. The van der Waals surface area contributed by atoms with E-state index in [-0.39, 0.29) is 32.3 Å². The zero-order chi connectivity index (χ0) is 20.0. The summed E-state index contributed by atoms with van der Waals surface area (Å²) in [5.41, 5.74) is 0. The molecule has 0 aromatic heterocycles. The number of allylic oxidation sites excluding steroid dienone is 6. The molecule has 0 radical (unpaired) electrons. The van der Waals surface area contributed by atoms with Crippen LogP contribution in [0.3, 0.4) is 0 Å². The summed E-state index contributed by atoms with van der Waals surface area (Å²) in [6, 6.07) is 0. The highest BCUT2D eigenvalue weighted by atomic mass is 16.7. The van der Waals surface area contributed by atoms with Gasteiger partial charge in [-0.1, -0.05) is 62.6 Å². The van der Waals surface area contributed by atoms with Gasteiger partial charge in [0.25, 0.3) is 0 Å². The minimum absolute atomic E-state index is 0.103. The second-order valence-corrected chi connectivity index (χ2v) is 6.44. The van der Waals surface area contributed by atoms with Crippen LogP contribution in [-0.2, 0) is 9.63 Å². The van der Waals surface area contributed by atoms with E-state index in [2.05, 4.69) is 43.4 Å². The van der Waals surface area contributed by atoms with Crippen molar-refractivity contribution in [1.29, 1.82) is 0 Å². The van der Waals surface area contributed by atoms with Crippen LogP contribution in [0.15, 0.2) is 36.5 Å². The third-order valence-electron chi connectivity index (χ3n) is 3.96. The van der Waals surface area contributed by atoms with Crippen molar-refractivity contribution in [3.63, 3.8) is 0 Å². The monoisotopic (exact) mass is 381 g/mol. The summed E-state index contributed by atoms with van der Waals surface area (Å²) < 4.78 is 0. The predicted octanol–water partition coefficient (Wildman–Crippen LogP) is 4.32. The molecule has 0 unspecified atom stereocenters. The summed E-state index contributed by atoms with van der Waals surface area (Å²) in [5.74, 6) is -0.293. The summed E-state index contributed by atoms with van der Waals surface area (Å²) in [4.78, 5) is 16.8. The fraction of sp³-hybridized carbons (Fsp3) is 0.682. The Morgan fingerprint density at radius 3 is 2.00 bits per heavy atom. The van der Waals surface area contributed by atoms with Gasteiger partial charge in [0.1, 0.15) is 0 Å². The Bertz CT molecular complexity index is 413. The number of aliphatic hydroxyl groups excluding tert-OH is 2. The fourth-order valence-electron chi connectivity index (χ4n) is 2.50. The Labute approximate surface area is 165 Å². The number of rotatable bonds is 18. The highest BCUT2D eigenvalue weighted by Gasteiger charge is 2.10. The van der Waals surface area contributed by atoms with Gasteiger partial charge in [0.2, 0.25) is 0 Å². The van der Waals surface area contributed by atoms with Crippen LogP contribution in [0.2, 0.25) is 0 Å². The summed E-state index contributed by atoms with van der Waals surface area (Å²) in [6.07, 6.45) is 23.2. The molecule has 0 amide bonds. The molecule has 0 aliphatic carbocycles. The number of carbonyl (C=O) groups excluding carboxylic acids is 1. The summed E-state index contributed by atoms with van der Waals surface area (Å²) in [6.45, 7) is 2.39. The van der Waals surface area contributed by atoms with Crippen LogP contribution in [0, 0.1) is 0 Å². The molecule has 0 atom stereocenters. The number of unbranched alkanes of at least 4 members (excludes halogenated alkanes) is 5. The molecule has 0 spiro atoms. The third kappa shape index (κ3) is 19.1. The van der Waals surface area contributed by atoms with Crippen LogP contribution in [-0.4, -0.2) is 47.5 Å². The van der Waals surface area contributed by atoms with E-state index in [9.17, 15) is 4.79 Å². The number of carbonyl (C=O) groups is 1. The molecule has 5 heteroatoms. The first-order chi connectivity index (χ1) is 13.2. The van der Waals surface area contributed by atoms with E-state index < -0.39 is 0 Å². The number of aliphatic hydroxyl groups is 2. The van der Waals surface area contributed by atoms with Gasteiger partial charge in [-0.15, -0.1) is 5.06 Å². The minimum atomic E-state index is -0.293.